The molecule has 0 fully saturated rings. The van der Waals surface area contributed by atoms with Crippen molar-refractivity contribution in [2.75, 3.05) is 33.0 Å². The number of carbonyl (C=O) groups is 3. The number of fused-ring (bicyclic) bond motifs is 1. The van der Waals surface area contributed by atoms with Crippen LogP contribution >= 0.6 is 0 Å². The number of carbonyl (C=O) groups excluding carboxylic acids is 2. The molecule has 0 saturated heterocycles. The van der Waals surface area contributed by atoms with E-state index in [9.17, 15) is 28.7 Å². The van der Waals surface area contributed by atoms with E-state index >= 15 is 0 Å². The van der Waals surface area contributed by atoms with Gasteiger partial charge in [0.15, 0.2) is 5.82 Å². The topological polar surface area (TPSA) is 154 Å². The van der Waals surface area contributed by atoms with E-state index in [4.69, 9.17) is 0 Å². The second-order valence-corrected chi connectivity index (χ2v) is 11.0. The number of aromatic nitrogens is 4. The quantitative estimate of drug-likeness (QED) is 0.276. The Hall–Kier alpha value is -4.55. The Kier molecular flexibility index (Phi) is 10.6. The summed E-state index contributed by atoms with van der Waals surface area (Å²) in [5.41, 5.74) is 1.51. The molecule has 0 aliphatic carbocycles. The molecule has 1 atom stereocenters. The van der Waals surface area contributed by atoms with Crippen molar-refractivity contribution in [2.24, 2.45) is 11.8 Å². The Labute approximate surface area is 243 Å². The number of halogens is 1. The van der Waals surface area contributed by atoms with Crippen molar-refractivity contribution in [3.05, 3.63) is 63.9 Å². The molecule has 0 radical (unpaired) electrons. The van der Waals surface area contributed by atoms with Gasteiger partial charge in [0.2, 0.25) is 11.8 Å². The Balaban J connectivity index is 1.85. The van der Waals surface area contributed by atoms with Crippen LogP contribution in [0.4, 0.5) is 14.9 Å². The number of rotatable bonds is 12. The lowest BCUT2D eigenvalue weighted by molar-refractivity contribution is -0.123. The van der Waals surface area contributed by atoms with Gasteiger partial charge in [-0.25, -0.2) is 14.2 Å². The highest BCUT2D eigenvalue weighted by molar-refractivity contribution is 5.93. The fraction of sp³-hybridized carbons (Fsp3) is 0.448. The summed E-state index contributed by atoms with van der Waals surface area (Å²) in [6.07, 6.45) is 5.79. The van der Waals surface area contributed by atoms with Crippen molar-refractivity contribution < 1.29 is 23.9 Å². The van der Waals surface area contributed by atoms with Crippen LogP contribution in [0.5, 0.6) is 0 Å². The minimum Gasteiger partial charge on any atom is -0.465 e. The van der Waals surface area contributed by atoms with Gasteiger partial charge in [-0.2, -0.15) is 0 Å². The molecule has 3 aromatic heterocycles. The molecule has 226 valence electrons. The van der Waals surface area contributed by atoms with Crippen LogP contribution in [0.1, 0.15) is 43.8 Å². The summed E-state index contributed by atoms with van der Waals surface area (Å²) in [6, 6.07) is 1.54. The van der Waals surface area contributed by atoms with Crippen LogP contribution in [0.2, 0.25) is 0 Å². The van der Waals surface area contributed by atoms with Gasteiger partial charge in [-0.15, -0.1) is 0 Å². The van der Waals surface area contributed by atoms with Gasteiger partial charge in [-0.05, 0) is 49.8 Å². The average Bonchev–Trinajstić information content (AvgIpc) is 3.34. The number of hydrogen-bond acceptors (Lipinski definition) is 6. The summed E-state index contributed by atoms with van der Waals surface area (Å²) < 4.78 is 15.8. The maximum absolute atomic E-state index is 14.5. The minimum absolute atomic E-state index is 0.00546. The van der Waals surface area contributed by atoms with E-state index < -0.39 is 29.3 Å². The van der Waals surface area contributed by atoms with Gasteiger partial charge in [-0.3, -0.25) is 19.4 Å². The fourth-order valence-electron chi connectivity index (χ4n) is 4.41. The monoisotopic (exact) mass is 583 g/mol. The Morgan fingerprint density at radius 1 is 1.24 bits per heavy atom. The fourth-order valence-corrected chi connectivity index (χ4v) is 4.41. The van der Waals surface area contributed by atoms with Gasteiger partial charge >= 0.3 is 6.09 Å². The normalized spacial score (nSPS) is 12.2. The lowest BCUT2D eigenvalue weighted by atomic mass is 10.0. The Bertz CT molecular complexity index is 1540. The minimum atomic E-state index is -1.20. The first kappa shape index (κ1) is 32.0. The van der Waals surface area contributed by atoms with Crippen molar-refractivity contribution >= 4 is 34.6 Å². The van der Waals surface area contributed by atoms with Gasteiger partial charge in [0.05, 0.1) is 29.9 Å². The zero-order valence-electron chi connectivity index (χ0n) is 24.8. The smallest absolute Gasteiger partial charge is 0.407 e. The highest BCUT2D eigenvalue weighted by Crippen LogP contribution is 2.21. The van der Waals surface area contributed by atoms with Crippen LogP contribution in [0, 0.1) is 24.6 Å². The third-order valence-electron chi connectivity index (χ3n) is 6.58. The number of carboxylic acid groups (broad SMARTS) is 1. The summed E-state index contributed by atoms with van der Waals surface area (Å²) >= 11 is 0. The SMILES string of the molecule is Cc1cc(NC(=O)[C@@H](CC/C=C/C(=O)N(C)C)CN(C)C(=O)O)c(=O)n(Cc2nc3c(F)cnc(CC(C)C)c3[nH]2)c1. The maximum Gasteiger partial charge on any atom is 0.407 e. The summed E-state index contributed by atoms with van der Waals surface area (Å²) in [5.74, 6) is -1.45. The van der Waals surface area contributed by atoms with E-state index in [2.05, 4.69) is 20.3 Å². The van der Waals surface area contributed by atoms with E-state index in [1.807, 2.05) is 13.8 Å². The Morgan fingerprint density at radius 2 is 1.95 bits per heavy atom. The van der Waals surface area contributed by atoms with E-state index in [1.165, 1.54) is 28.7 Å². The van der Waals surface area contributed by atoms with Crippen LogP contribution in [0.3, 0.4) is 0 Å². The molecule has 42 heavy (non-hydrogen) atoms. The largest absolute Gasteiger partial charge is 0.465 e. The Morgan fingerprint density at radius 3 is 2.60 bits per heavy atom. The molecule has 0 saturated carbocycles. The van der Waals surface area contributed by atoms with Crippen molar-refractivity contribution in [3.63, 3.8) is 0 Å². The molecule has 3 heterocycles. The molecule has 3 amide bonds. The lowest BCUT2D eigenvalue weighted by Gasteiger charge is -2.21. The zero-order chi connectivity index (χ0) is 31.1. The molecule has 3 aromatic rings. The number of nitrogens with zero attached hydrogens (tertiary/aromatic N) is 5. The molecular weight excluding hydrogens is 545 g/mol. The molecule has 12 nitrogen and oxygen atoms in total. The first-order valence-corrected chi connectivity index (χ1v) is 13.6. The van der Waals surface area contributed by atoms with Crippen LogP contribution < -0.4 is 10.9 Å². The molecule has 3 rings (SSSR count). The molecule has 0 spiro atoms. The number of allylic oxidation sites excluding steroid dienone is 1. The standard InChI is InChI=1S/C29H38FN7O5/c1-17(2)11-21-26-25(20(30)13-31-21)33-23(34-26)16-37-14-18(3)12-22(28(37)40)32-27(39)19(15-36(6)29(41)42)9-7-8-10-24(38)35(4)5/h8,10,12-14,17,19H,7,9,11,15-16H2,1-6H3,(H,32,39)(H,33,34)(H,41,42)/b10-8+/t19-/m0/s1. The van der Waals surface area contributed by atoms with Crippen LogP contribution in [-0.2, 0) is 22.6 Å². The van der Waals surface area contributed by atoms with E-state index in [0.29, 0.717) is 41.4 Å². The third-order valence-corrected chi connectivity index (χ3v) is 6.58. The predicted molar refractivity (Wildman–Crippen MR) is 157 cm³/mol. The maximum atomic E-state index is 14.5. The third kappa shape index (κ3) is 8.24. The predicted octanol–water partition coefficient (Wildman–Crippen LogP) is 3.40. The molecule has 13 heteroatoms. The molecule has 0 aliphatic rings. The molecule has 0 unspecified atom stereocenters. The summed E-state index contributed by atoms with van der Waals surface area (Å²) in [5, 5.41) is 12.0. The van der Waals surface area contributed by atoms with Gasteiger partial charge < -0.3 is 29.8 Å². The number of likely N-dealkylation sites (N-methyl/N-ethyl adjacent to an activating group) is 1. The number of hydrogen-bond donors (Lipinski definition) is 3. The molecule has 0 bridgehead atoms. The van der Waals surface area contributed by atoms with Crippen molar-refractivity contribution in [1.82, 2.24) is 29.3 Å². The number of imidazole rings is 1. The summed E-state index contributed by atoms with van der Waals surface area (Å²) in [6.45, 7) is 5.71. The van der Waals surface area contributed by atoms with Gasteiger partial charge in [0.25, 0.3) is 5.56 Å². The van der Waals surface area contributed by atoms with Crippen molar-refractivity contribution in [3.8, 4) is 0 Å². The summed E-state index contributed by atoms with van der Waals surface area (Å²) in [4.78, 5) is 64.0. The second kappa shape index (κ2) is 13.9. The highest BCUT2D eigenvalue weighted by atomic mass is 19.1. The molecule has 3 N–H and O–H groups in total. The van der Waals surface area contributed by atoms with Crippen molar-refractivity contribution in [1.29, 1.82) is 0 Å². The van der Waals surface area contributed by atoms with Gasteiger partial charge in [-0.1, -0.05) is 19.9 Å². The van der Waals surface area contributed by atoms with Crippen LogP contribution in [0.15, 0.2) is 35.4 Å². The highest BCUT2D eigenvalue weighted by Gasteiger charge is 2.23. The van der Waals surface area contributed by atoms with E-state index in [-0.39, 0.29) is 36.6 Å². The zero-order valence-corrected chi connectivity index (χ0v) is 24.8. The van der Waals surface area contributed by atoms with Gasteiger partial charge in [0.1, 0.15) is 17.0 Å². The number of anilines is 1. The van der Waals surface area contributed by atoms with E-state index in [1.54, 1.807) is 33.3 Å². The van der Waals surface area contributed by atoms with E-state index in [0.717, 1.165) is 11.1 Å². The number of H-pyrrole nitrogens is 1. The average molecular weight is 584 g/mol. The number of amides is 3. The van der Waals surface area contributed by atoms with Crippen molar-refractivity contribution in [2.45, 2.75) is 46.6 Å². The number of pyridine rings is 2. The summed E-state index contributed by atoms with van der Waals surface area (Å²) in [7, 11) is 4.59. The second-order valence-electron chi connectivity index (χ2n) is 11.0. The first-order valence-electron chi connectivity index (χ1n) is 13.6. The lowest BCUT2D eigenvalue weighted by Crippen LogP contribution is -2.37. The number of aryl methyl sites for hydroxylation is 1. The van der Waals surface area contributed by atoms with Gasteiger partial charge in [0, 0.05) is 33.9 Å². The molecular formula is C29H38FN7O5. The number of nitrogens with one attached hydrogen (secondary N) is 2. The van der Waals surface area contributed by atoms with Crippen LogP contribution in [0.25, 0.3) is 11.0 Å². The first-order chi connectivity index (χ1) is 19.8. The molecule has 0 aliphatic heterocycles. The van der Waals surface area contributed by atoms with Crippen LogP contribution in [-0.4, -0.2) is 80.0 Å². The molecule has 0 aromatic carbocycles. The number of aromatic amines is 1.